The maximum Gasteiger partial charge on any atom is 0.269 e. The van der Waals surface area contributed by atoms with Gasteiger partial charge in [-0.1, -0.05) is 12.1 Å². The molecule has 0 spiro atoms. The Labute approximate surface area is 177 Å². The lowest BCUT2D eigenvalue weighted by Gasteiger charge is -2.23. The molecule has 27 heavy (non-hydrogen) atoms. The first-order valence-electron chi connectivity index (χ1n) is 8.99. The van der Waals surface area contributed by atoms with Crippen molar-refractivity contribution in [2.45, 2.75) is 44.9 Å². The van der Waals surface area contributed by atoms with Gasteiger partial charge < -0.3 is 20.1 Å². The number of guanidine groups is 1. The van der Waals surface area contributed by atoms with Crippen molar-refractivity contribution in [2.24, 2.45) is 4.99 Å². The van der Waals surface area contributed by atoms with Gasteiger partial charge in [0, 0.05) is 39.0 Å². The zero-order chi connectivity index (χ0) is 18.8. The molecule has 0 saturated carbocycles. The molecule has 0 amide bonds. The van der Waals surface area contributed by atoms with E-state index >= 15 is 0 Å². The zero-order valence-electron chi connectivity index (χ0n) is 15.8. The van der Waals surface area contributed by atoms with E-state index in [1.165, 1.54) is 12.1 Å². The van der Waals surface area contributed by atoms with Gasteiger partial charge in [0.15, 0.2) is 5.96 Å². The first-order valence-corrected chi connectivity index (χ1v) is 8.99. The fourth-order valence-electron chi connectivity index (χ4n) is 2.77. The summed E-state index contributed by atoms with van der Waals surface area (Å²) in [4.78, 5) is 14.9. The van der Waals surface area contributed by atoms with Gasteiger partial charge in [0.05, 0.1) is 23.6 Å². The highest BCUT2D eigenvalue weighted by molar-refractivity contribution is 14.0. The second-order valence-electron chi connectivity index (χ2n) is 6.35. The summed E-state index contributed by atoms with van der Waals surface area (Å²) in [5.41, 5.74) is 0.999. The average Bonchev–Trinajstić information content (AvgIpc) is 3.18. The van der Waals surface area contributed by atoms with E-state index < -0.39 is 4.92 Å². The van der Waals surface area contributed by atoms with E-state index in [1.54, 1.807) is 19.2 Å². The van der Waals surface area contributed by atoms with E-state index in [2.05, 4.69) is 22.5 Å². The molecular formula is C18H29IN4O4. The molecular weight excluding hydrogens is 463 g/mol. The molecule has 2 rings (SSSR count). The highest BCUT2D eigenvalue weighted by Gasteiger charge is 2.23. The van der Waals surface area contributed by atoms with Gasteiger partial charge in [-0.3, -0.25) is 10.1 Å². The molecule has 1 fully saturated rings. The van der Waals surface area contributed by atoms with Crippen LogP contribution < -0.4 is 10.6 Å². The molecule has 2 unspecified atom stereocenters. The van der Waals surface area contributed by atoms with Crippen LogP contribution in [0.2, 0.25) is 0 Å². The number of ether oxygens (including phenoxy) is 2. The van der Waals surface area contributed by atoms with Crippen molar-refractivity contribution >= 4 is 35.6 Å². The molecule has 152 valence electrons. The second-order valence-corrected chi connectivity index (χ2v) is 6.35. The van der Waals surface area contributed by atoms with Crippen LogP contribution in [0.1, 0.15) is 31.7 Å². The number of rotatable bonds is 9. The molecule has 1 aliphatic heterocycles. The van der Waals surface area contributed by atoms with Crippen LogP contribution in [0.25, 0.3) is 0 Å². The number of non-ortho nitro benzene ring substituents is 1. The molecule has 0 bridgehead atoms. The normalized spacial score (nSPS) is 17.9. The second kappa shape index (κ2) is 12.8. The molecule has 2 N–H and O–H groups in total. The summed E-state index contributed by atoms with van der Waals surface area (Å²) < 4.78 is 10.8. The quantitative estimate of drug-likeness (QED) is 0.137. The van der Waals surface area contributed by atoms with Crippen molar-refractivity contribution < 1.29 is 14.4 Å². The van der Waals surface area contributed by atoms with Crippen molar-refractivity contribution in [3.05, 3.63) is 39.9 Å². The summed E-state index contributed by atoms with van der Waals surface area (Å²) in [5.74, 6) is 0.711. The minimum absolute atomic E-state index is 0. The maximum absolute atomic E-state index is 10.7. The van der Waals surface area contributed by atoms with Gasteiger partial charge in [-0.25, -0.2) is 4.99 Å². The number of methoxy groups -OCH3 is 1. The molecule has 0 radical (unpaired) electrons. The minimum Gasteiger partial charge on any atom is -0.385 e. The molecule has 0 aromatic heterocycles. The third-order valence-corrected chi connectivity index (χ3v) is 4.27. The van der Waals surface area contributed by atoms with Crippen LogP contribution in [-0.2, 0) is 16.0 Å². The van der Waals surface area contributed by atoms with E-state index in [9.17, 15) is 10.1 Å². The maximum atomic E-state index is 10.7. The number of nitro benzene ring substituents is 1. The molecule has 1 aliphatic rings. The molecule has 1 aromatic rings. The van der Waals surface area contributed by atoms with E-state index in [0.29, 0.717) is 19.1 Å². The lowest BCUT2D eigenvalue weighted by molar-refractivity contribution is -0.384. The molecule has 8 nitrogen and oxygen atoms in total. The first-order chi connectivity index (χ1) is 12.6. The van der Waals surface area contributed by atoms with Gasteiger partial charge >= 0.3 is 0 Å². The monoisotopic (exact) mass is 492 g/mol. The SMILES string of the molecule is COCCCNC(=NCc1ccc([N+](=O)[O-])cc1)NC(C)C1CCCO1.I. The summed E-state index contributed by atoms with van der Waals surface area (Å²) in [6.07, 6.45) is 3.21. The Morgan fingerprint density at radius 2 is 2.19 bits per heavy atom. The van der Waals surface area contributed by atoms with E-state index in [4.69, 9.17) is 9.47 Å². The highest BCUT2D eigenvalue weighted by atomic mass is 127. The highest BCUT2D eigenvalue weighted by Crippen LogP contribution is 2.15. The number of benzene rings is 1. The number of nitro groups is 1. The Kier molecular flexibility index (Phi) is 11.2. The first kappa shape index (κ1) is 23.6. The largest absolute Gasteiger partial charge is 0.385 e. The van der Waals surface area contributed by atoms with E-state index in [-0.39, 0.29) is 41.8 Å². The van der Waals surface area contributed by atoms with Crippen LogP contribution in [-0.4, -0.2) is 49.9 Å². The van der Waals surface area contributed by atoms with Gasteiger partial charge in [-0.2, -0.15) is 0 Å². The zero-order valence-corrected chi connectivity index (χ0v) is 18.2. The van der Waals surface area contributed by atoms with Crippen LogP contribution in [0.5, 0.6) is 0 Å². The lowest BCUT2D eigenvalue weighted by atomic mass is 10.1. The number of hydrogen-bond acceptors (Lipinski definition) is 5. The van der Waals surface area contributed by atoms with Gasteiger partial charge in [0.1, 0.15) is 0 Å². The van der Waals surface area contributed by atoms with Gasteiger partial charge in [0.2, 0.25) is 0 Å². The third-order valence-electron chi connectivity index (χ3n) is 4.27. The summed E-state index contributed by atoms with van der Waals surface area (Å²) >= 11 is 0. The lowest BCUT2D eigenvalue weighted by Crippen LogP contribution is -2.47. The van der Waals surface area contributed by atoms with Crippen molar-refractivity contribution in [1.82, 2.24) is 10.6 Å². The summed E-state index contributed by atoms with van der Waals surface area (Å²) in [7, 11) is 1.68. The number of halogens is 1. The predicted octanol–water partition coefficient (Wildman–Crippen LogP) is 2.85. The average molecular weight is 492 g/mol. The van der Waals surface area contributed by atoms with E-state index in [1.807, 2.05) is 0 Å². The number of aliphatic imine (C=N–C) groups is 1. The standard InChI is InChI=1S/C18H28N4O4.HI/c1-14(17-5-3-12-26-17)21-18(19-10-4-11-25-2)20-13-15-6-8-16(9-7-15)22(23)24;/h6-9,14,17H,3-5,10-13H2,1-2H3,(H2,19,20,21);1H. The van der Waals surface area contributed by atoms with Crippen LogP contribution in [0, 0.1) is 10.1 Å². The Bertz CT molecular complexity index is 592. The predicted molar refractivity (Wildman–Crippen MR) is 116 cm³/mol. The summed E-state index contributed by atoms with van der Waals surface area (Å²) in [6, 6.07) is 6.61. The smallest absolute Gasteiger partial charge is 0.269 e. The van der Waals surface area contributed by atoms with Crippen molar-refractivity contribution in [3.63, 3.8) is 0 Å². The van der Waals surface area contributed by atoms with Gasteiger partial charge in [-0.05, 0) is 31.7 Å². The fraction of sp³-hybridized carbons (Fsp3) is 0.611. The molecule has 2 atom stereocenters. The van der Waals surface area contributed by atoms with Crippen molar-refractivity contribution in [1.29, 1.82) is 0 Å². The van der Waals surface area contributed by atoms with Crippen LogP contribution >= 0.6 is 24.0 Å². The van der Waals surface area contributed by atoms with Gasteiger partial charge in [-0.15, -0.1) is 24.0 Å². The van der Waals surface area contributed by atoms with Gasteiger partial charge in [0.25, 0.3) is 5.69 Å². The minimum atomic E-state index is -0.402. The molecule has 0 aliphatic carbocycles. The fourth-order valence-corrected chi connectivity index (χ4v) is 2.77. The van der Waals surface area contributed by atoms with Crippen LogP contribution in [0.3, 0.4) is 0 Å². The van der Waals surface area contributed by atoms with Crippen LogP contribution in [0.4, 0.5) is 5.69 Å². The third kappa shape index (κ3) is 8.39. The van der Waals surface area contributed by atoms with Crippen molar-refractivity contribution in [2.75, 3.05) is 26.9 Å². The number of nitrogens with zero attached hydrogens (tertiary/aromatic N) is 2. The summed E-state index contributed by atoms with van der Waals surface area (Å²) in [6.45, 7) is 4.78. The molecule has 1 heterocycles. The molecule has 1 saturated heterocycles. The Balaban J connectivity index is 0.00000364. The molecule has 9 heteroatoms. The number of nitrogens with one attached hydrogen (secondary N) is 2. The van der Waals surface area contributed by atoms with Crippen molar-refractivity contribution in [3.8, 4) is 0 Å². The topological polar surface area (TPSA) is 98.0 Å². The Morgan fingerprint density at radius 1 is 1.44 bits per heavy atom. The van der Waals surface area contributed by atoms with E-state index in [0.717, 1.165) is 38.0 Å². The number of hydrogen-bond donors (Lipinski definition) is 2. The Hall–Kier alpha value is -1.46. The summed E-state index contributed by atoms with van der Waals surface area (Å²) in [5, 5.41) is 17.4. The Morgan fingerprint density at radius 3 is 2.78 bits per heavy atom. The van der Waals surface area contributed by atoms with Crippen LogP contribution in [0.15, 0.2) is 29.3 Å². The molecule has 1 aromatic carbocycles.